The molecule has 0 radical (unpaired) electrons. The zero-order chi connectivity index (χ0) is 30.5. The number of aliphatic hydroxyl groups excluding tert-OH is 1. The van der Waals surface area contributed by atoms with E-state index in [0.29, 0.717) is 30.0 Å². The van der Waals surface area contributed by atoms with E-state index in [0.717, 1.165) is 85.5 Å². The van der Waals surface area contributed by atoms with Gasteiger partial charge in [-0.05, 0) is 91.6 Å². The molecule has 2 heterocycles. The Hall–Kier alpha value is -4.53. The SMILES string of the molecule is C=[N+](CC1=CC(NC(=O)c2ccnc(N3CCCC3)c2)=CCC1)C1=CCCc2c1cc(OCc1ccccc1)cc2C(N)O. The van der Waals surface area contributed by atoms with Crippen LogP contribution in [0, 0.1) is 0 Å². The maximum absolute atomic E-state index is 13.2. The third-order valence-electron chi connectivity index (χ3n) is 8.45. The number of fused-ring (bicyclic) bond motifs is 1. The van der Waals surface area contributed by atoms with E-state index in [4.69, 9.17) is 10.5 Å². The highest BCUT2D eigenvalue weighted by molar-refractivity contribution is 5.96. The van der Waals surface area contributed by atoms with Crippen molar-refractivity contribution >= 4 is 24.1 Å². The Kier molecular flexibility index (Phi) is 9.00. The van der Waals surface area contributed by atoms with Crippen molar-refractivity contribution in [1.29, 1.82) is 0 Å². The number of rotatable bonds is 10. The molecule has 2 aromatic carbocycles. The predicted molar refractivity (Wildman–Crippen MR) is 173 cm³/mol. The summed E-state index contributed by atoms with van der Waals surface area (Å²) in [6.45, 7) is 7.38. The minimum atomic E-state index is -1.11. The molecule has 8 heteroatoms. The Morgan fingerprint density at radius 2 is 1.89 bits per heavy atom. The summed E-state index contributed by atoms with van der Waals surface area (Å²) in [6, 6.07) is 17.5. The Balaban J connectivity index is 1.16. The molecule has 1 unspecified atom stereocenters. The van der Waals surface area contributed by atoms with Gasteiger partial charge in [-0.3, -0.25) is 4.79 Å². The Bertz CT molecular complexity index is 1630. The molecule has 6 rings (SSSR count). The minimum Gasteiger partial charge on any atom is -0.489 e. The summed E-state index contributed by atoms with van der Waals surface area (Å²) < 4.78 is 8.15. The first-order valence-corrected chi connectivity index (χ1v) is 15.4. The van der Waals surface area contributed by atoms with Gasteiger partial charge in [-0.1, -0.05) is 36.4 Å². The van der Waals surface area contributed by atoms with E-state index in [-0.39, 0.29) is 5.91 Å². The lowest BCUT2D eigenvalue weighted by molar-refractivity contribution is -0.413. The number of allylic oxidation sites excluding steroid dienone is 3. The van der Waals surface area contributed by atoms with Gasteiger partial charge in [0.25, 0.3) is 5.91 Å². The van der Waals surface area contributed by atoms with Gasteiger partial charge in [0.15, 0.2) is 6.54 Å². The molecule has 1 aliphatic heterocycles. The highest BCUT2D eigenvalue weighted by Gasteiger charge is 2.27. The minimum absolute atomic E-state index is 0.136. The number of hydrogen-bond donors (Lipinski definition) is 3. The van der Waals surface area contributed by atoms with E-state index < -0.39 is 6.23 Å². The van der Waals surface area contributed by atoms with Crippen LogP contribution in [0.4, 0.5) is 5.82 Å². The summed E-state index contributed by atoms with van der Waals surface area (Å²) >= 11 is 0. The molecule has 3 aliphatic rings. The number of nitrogens with zero attached hydrogens (tertiary/aromatic N) is 3. The van der Waals surface area contributed by atoms with Crippen LogP contribution in [0.25, 0.3) is 5.70 Å². The molecule has 2 aliphatic carbocycles. The Morgan fingerprint density at radius 3 is 2.68 bits per heavy atom. The fourth-order valence-electron chi connectivity index (χ4n) is 6.21. The van der Waals surface area contributed by atoms with Gasteiger partial charge in [-0.15, -0.1) is 0 Å². The first-order valence-electron chi connectivity index (χ1n) is 15.4. The van der Waals surface area contributed by atoms with Crippen molar-refractivity contribution in [2.75, 3.05) is 24.5 Å². The van der Waals surface area contributed by atoms with Crippen molar-refractivity contribution in [3.63, 3.8) is 0 Å². The van der Waals surface area contributed by atoms with Crippen molar-refractivity contribution in [3.05, 3.63) is 118 Å². The average molecular weight is 591 g/mol. The normalized spacial score (nSPS) is 16.8. The molecule has 1 aromatic heterocycles. The molecule has 226 valence electrons. The molecule has 4 N–H and O–H groups in total. The molecular weight excluding hydrogens is 550 g/mol. The van der Waals surface area contributed by atoms with Crippen LogP contribution in [0.1, 0.15) is 70.9 Å². The summed E-state index contributed by atoms with van der Waals surface area (Å²) in [7, 11) is 0. The lowest BCUT2D eigenvalue weighted by atomic mass is 9.89. The molecular formula is C36H40N5O3+. The average Bonchev–Trinajstić information content (AvgIpc) is 3.59. The highest BCUT2D eigenvalue weighted by atomic mass is 16.5. The molecule has 44 heavy (non-hydrogen) atoms. The second-order valence-corrected chi connectivity index (χ2v) is 11.6. The smallest absolute Gasteiger partial charge is 0.255 e. The number of anilines is 1. The van der Waals surface area contributed by atoms with E-state index in [1.807, 2.05) is 53.1 Å². The number of nitrogens with one attached hydrogen (secondary N) is 1. The van der Waals surface area contributed by atoms with Crippen molar-refractivity contribution < 1.29 is 19.2 Å². The molecule has 1 saturated heterocycles. The molecule has 1 fully saturated rings. The summed E-state index contributed by atoms with van der Waals surface area (Å²) in [5, 5.41) is 13.5. The third kappa shape index (κ3) is 6.82. The first kappa shape index (κ1) is 29.5. The van der Waals surface area contributed by atoms with E-state index in [1.165, 1.54) is 5.57 Å². The van der Waals surface area contributed by atoms with E-state index >= 15 is 0 Å². The van der Waals surface area contributed by atoms with Crippen LogP contribution in [0.15, 0.2) is 90.3 Å². The zero-order valence-corrected chi connectivity index (χ0v) is 25.0. The fraction of sp³-hybridized carbons (Fsp3) is 0.306. The Labute approximate surface area is 258 Å². The first-order chi connectivity index (χ1) is 21.4. The van der Waals surface area contributed by atoms with Crippen LogP contribution in [0.2, 0.25) is 0 Å². The fourth-order valence-corrected chi connectivity index (χ4v) is 6.21. The largest absolute Gasteiger partial charge is 0.489 e. The maximum atomic E-state index is 13.2. The number of ether oxygens (including phenoxy) is 1. The molecule has 0 spiro atoms. The summed E-state index contributed by atoms with van der Waals surface area (Å²) in [5.41, 5.74) is 13.3. The monoisotopic (exact) mass is 590 g/mol. The summed E-state index contributed by atoms with van der Waals surface area (Å²) in [6.07, 6.45) is 12.6. The number of carbonyl (C=O) groups is 1. The maximum Gasteiger partial charge on any atom is 0.255 e. The molecule has 1 atom stereocenters. The van der Waals surface area contributed by atoms with Crippen LogP contribution in [0.5, 0.6) is 5.75 Å². The number of carbonyl (C=O) groups excluding carboxylic acids is 1. The van der Waals surface area contributed by atoms with Gasteiger partial charge in [0.1, 0.15) is 31.1 Å². The predicted octanol–water partition coefficient (Wildman–Crippen LogP) is 5.24. The topological polar surface area (TPSA) is 104 Å². The van der Waals surface area contributed by atoms with E-state index in [9.17, 15) is 9.90 Å². The lowest BCUT2D eigenvalue weighted by Crippen LogP contribution is -2.25. The highest BCUT2D eigenvalue weighted by Crippen LogP contribution is 2.36. The number of hydrogen-bond acceptors (Lipinski definition) is 6. The van der Waals surface area contributed by atoms with Crippen LogP contribution in [-0.2, 0) is 13.0 Å². The summed E-state index contributed by atoms with van der Waals surface area (Å²) in [4.78, 5) is 19.9. The number of pyridine rings is 1. The number of amides is 1. The van der Waals surface area contributed by atoms with Crippen LogP contribution in [0.3, 0.4) is 0 Å². The van der Waals surface area contributed by atoms with E-state index in [1.54, 1.807) is 12.3 Å². The van der Waals surface area contributed by atoms with Crippen LogP contribution in [-0.4, -0.2) is 46.9 Å². The molecule has 0 saturated carbocycles. The van der Waals surface area contributed by atoms with Crippen LogP contribution >= 0.6 is 0 Å². The molecule has 0 bridgehead atoms. The number of aromatic nitrogens is 1. The zero-order valence-electron chi connectivity index (χ0n) is 25.0. The van der Waals surface area contributed by atoms with Gasteiger partial charge in [-0.2, -0.15) is 0 Å². The van der Waals surface area contributed by atoms with Gasteiger partial charge in [-0.25, -0.2) is 9.56 Å². The van der Waals surface area contributed by atoms with Gasteiger partial charge in [0, 0.05) is 36.1 Å². The third-order valence-corrected chi connectivity index (χ3v) is 8.45. The van der Waals surface area contributed by atoms with Crippen LogP contribution < -0.4 is 20.7 Å². The number of aliphatic hydroxyl groups is 1. The van der Waals surface area contributed by atoms with Crippen molar-refractivity contribution in [2.24, 2.45) is 5.73 Å². The van der Waals surface area contributed by atoms with Gasteiger partial charge in [0.05, 0.1) is 5.56 Å². The molecule has 8 nitrogen and oxygen atoms in total. The quantitative estimate of drug-likeness (QED) is 0.169. The molecule has 3 aromatic rings. The second kappa shape index (κ2) is 13.4. The lowest BCUT2D eigenvalue weighted by Gasteiger charge is -2.22. The van der Waals surface area contributed by atoms with Crippen molar-refractivity contribution in [3.8, 4) is 5.75 Å². The number of nitrogens with two attached hydrogens (primary N) is 1. The van der Waals surface area contributed by atoms with Gasteiger partial charge in [0.2, 0.25) is 5.70 Å². The number of benzene rings is 2. The van der Waals surface area contributed by atoms with Gasteiger partial charge < -0.3 is 25.8 Å². The second-order valence-electron chi connectivity index (χ2n) is 11.6. The van der Waals surface area contributed by atoms with E-state index in [2.05, 4.69) is 40.1 Å². The molecule has 1 amide bonds. The standard InChI is InChI=1S/C36H39N5O3/c1-40(23-26-11-7-12-28(19-26)39-36(43)27-15-16-38-34(20-27)41-17-5-6-18-41)33-14-8-13-30-31(33)21-29(22-32(30)35(37)42)44-24-25-9-3-2-4-10-25/h2-4,9-10,12,14-16,19-22,35,42H,1,5-8,11,13,17-18,23-24,37H2/p+1. The van der Waals surface area contributed by atoms with Crippen molar-refractivity contribution in [2.45, 2.75) is 51.4 Å². The van der Waals surface area contributed by atoms with Gasteiger partial charge >= 0.3 is 0 Å². The van der Waals surface area contributed by atoms with Crippen molar-refractivity contribution in [1.82, 2.24) is 10.3 Å². The Morgan fingerprint density at radius 1 is 1.09 bits per heavy atom. The summed E-state index contributed by atoms with van der Waals surface area (Å²) in [5.74, 6) is 1.38.